The Labute approximate surface area is 96.5 Å². The third kappa shape index (κ3) is 3.04. The molecule has 0 spiro atoms. The van der Waals surface area contributed by atoms with Gasteiger partial charge in [0.15, 0.2) is 0 Å². The van der Waals surface area contributed by atoms with E-state index < -0.39 is 5.54 Å². The van der Waals surface area contributed by atoms with Crippen molar-refractivity contribution in [1.29, 1.82) is 5.26 Å². The SMILES string of the molecule is Cc1nc(C)n(CC(C)(C#N)NC(C)C)n1. The molecule has 1 rings (SSSR count). The standard InChI is InChI=1S/C11H19N5/c1-8(2)14-11(5,6-12)7-16-10(4)13-9(3)15-16/h8,14H,7H2,1-5H3. The summed E-state index contributed by atoms with van der Waals surface area (Å²) < 4.78 is 1.77. The maximum Gasteiger partial charge on any atom is 0.147 e. The highest BCUT2D eigenvalue weighted by Gasteiger charge is 2.26. The van der Waals surface area contributed by atoms with E-state index >= 15 is 0 Å². The zero-order valence-electron chi connectivity index (χ0n) is 10.6. The van der Waals surface area contributed by atoms with Gasteiger partial charge in [0.2, 0.25) is 0 Å². The molecular weight excluding hydrogens is 202 g/mol. The van der Waals surface area contributed by atoms with Crippen LogP contribution in [0.4, 0.5) is 0 Å². The van der Waals surface area contributed by atoms with Gasteiger partial charge in [-0.15, -0.1) is 0 Å². The Morgan fingerprint density at radius 3 is 2.50 bits per heavy atom. The maximum atomic E-state index is 9.22. The van der Waals surface area contributed by atoms with Gasteiger partial charge in [0.1, 0.15) is 17.2 Å². The topological polar surface area (TPSA) is 66.5 Å². The summed E-state index contributed by atoms with van der Waals surface area (Å²) in [6.07, 6.45) is 0. The van der Waals surface area contributed by atoms with Crippen LogP contribution >= 0.6 is 0 Å². The summed E-state index contributed by atoms with van der Waals surface area (Å²) in [6, 6.07) is 2.55. The van der Waals surface area contributed by atoms with E-state index in [1.807, 2.05) is 34.6 Å². The van der Waals surface area contributed by atoms with E-state index in [1.54, 1.807) is 4.68 Å². The highest BCUT2D eigenvalue weighted by atomic mass is 15.4. The van der Waals surface area contributed by atoms with Gasteiger partial charge in [0.05, 0.1) is 12.6 Å². The van der Waals surface area contributed by atoms with E-state index in [2.05, 4.69) is 21.5 Å². The van der Waals surface area contributed by atoms with Gasteiger partial charge in [-0.1, -0.05) is 0 Å². The first kappa shape index (κ1) is 12.7. The van der Waals surface area contributed by atoms with E-state index in [4.69, 9.17) is 0 Å². The summed E-state index contributed by atoms with van der Waals surface area (Å²) in [7, 11) is 0. The van der Waals surface area contributed by atoms with Gasteiger partial charge in [-0.05, 0) is 34.6 Å². The third-order valence-corrected chi connectivity index (χ3v) is 2.28. The van der Waals surface area contributed by atoms with Crippen LogP contribution in [0.15, 0.2) is 0 Å². The fraction of sp³-hybridized carbons (Fsp3) is 0.727. The Kier molecular flexibility index (Phi) is 3.66. The third-order valence-electron chi connectivity index (χ3n) is 2.28. The fourth-order valence-corrected chi connectivity index (χ4v) is 1.76. The Hall–Kier alpha value is -1.41. The number of rotatable bonds is 4. The molecule has 0 aliphatic rings. The number of hydrogen-bond acceptors (Lipinski definition) is 4. The number of hydrogen-bond donors (Lipinski definition) is 1. The lowest BCUT2D eigenvalue weighted by Gasteiger charge is -2.25. The predicted octanol–water partition coefficient (Wildman–Crippen LogP) is 1.18. The van der Waals surface area contributed by atoms with Crippen LogP contribution in [0.5, 0.6) is 0 Å². The lowest BCUT2D eigenvalue weighted by molar-refractivity contribution is 0.340. The van der Waals surface area contributed by atoms with Crippen LogP contribution in [0.2, 0.25) is 0 Å². The predicted molar refractivity (Wildman–Crippen MR) is 61.8 cm³/mol. The second kappa shape index (κ2) is 4.62. The van der Waals surface area contributed by atoms with Crippen molar-refractivity contribution in [2.24, 2.45) is 0 Å². The van der Waals surface area contributed by atoms with Crippen LogP contribution in [0.3, 0.4) is 0 Å². The van der Waals surface area contributed by atoms with Crippen LogP contribution in [0.25, 0.3) is 0 Å². The number of nitrogens with one attached hydrogen (secondary N) is 1. The summed E-state index contributed by atoms with van der Waals surface area (Å²) >= 11 is 0. The molecule has 1 atom stereocenters. The first-order valence-electron chi connectivity index (χ1n) is 5.43. The van der Waals surface area contributed by atoms with Gasteiger partial charge in [-0.3, -0.25) is 5.32 Å². The molecule has 0 fully saturated rings. The summed E-state index contributed by atoms with van der Waals surface area (Å²) in [5.41, 5.74) is -0.612. The normalized spacial score (nSPS) is 14.8. The van der Waals surface area contributed by atoms with Crippen molar-refractivity contribution in [3.05, 3.63) is 11.6 Å². The lowest BCUT2D eigenvalue weighted by Crippen LogP contribution is -2.48. The molecule has 1 unspecified atom stereocenters. The minimum absolute atomic E-state index is 0.259. The van der Waals surface area contributed by atoms with Gasteiger partial charge in [0.25, 0.3) is 0 Å². The Balaban J connectivity index is 2.85. The second-order valence-electron chi connectivity index (χ2n) is 4.61. The Morgan fingerprint density at radius 1 is 1.50 bits per heavy atom. The molecule has 0 saturated heterocycles. The van der Waals surface area contributed by atoms with E-state index in [0.717, 1.165) is 11.6 Å². The quantitative estimate of drug-likeness (QED) is 0.829. The first-order chi connectivity index (χ1) is 7.36. The van der Waals surface area contributed by atoms with Crippen molar-refractivity contribution in [2.45, 2.75) is 52.7 Å². The number of aromatic nitrogens is 3. The van der Waals surface area contributed by atoms with E-state index in [1.165, 1.54) is 0 Å². The molecule has 5 heteroatoms. The summed E-state index contributed by atoms with van der Waals surface area (Å²) in [5, 5.41) is 16.7. The minimum atomic E-state index is -0.612. The highest BCUT2D eigenvalue weighted by Crippen LogP contribution is 2.09. The highest BCUT2D eigenvalue weighted by molar-refractivity contribution is 5.05. The van der Waals surface area contributed by atoms with Crippen molar-refractivity contribution in [1.82, 2.24) is 20.1 Å². The molecule has 5 nitrogen and oxygen atoms in total. The molecule has 0 amide bonds. The minimum Gasteiger partial charge on any atom is -0.296 e. The summed E-state index contributed by atoms with van der Waals surface area (Å²) in [5.74, 6) is 1.58. The van der Waals surface area contributed by atoms with Gasteiger partial charge in [-0.25, -0.2) is 9.67 Å². The molecule has 1 N–H and O–H groups in total. The smallest absolute Gasteiger partial charge is 0.147 e. The van der Waals surface area contributed by atoms with E-state index in [9.17, 15) is 5.26 Å². The van der Waals surface area contributed by atoms with Crippen LogP contribution in [-0.4, -0.2) is 26.3 Å². The van der Waals surface area contributed by atoms with Gasteiger partial charge >= 0.3 is 0 Å². The van der Waals surface area contributed by atoms with Crippen molar-refractivity contribution in [2.75, 3.05) is 0 Å². The summed E-state index contributed by atoms with van der Waals surface area (Å²) in [4.78, 5) is 4.22. The average molecular weight is 221 g/mol. The molecule has 16 heavy (non-hydrogen) atoms. The molecule has 0 aliphatic heterocycles. The van der Waals surface area contributed by atoms with Crippen LogP contribution in [0, 0.1) is 25.2 Å². The molecule has 0 aromatic carbocycles. The molecule has 1 heterocycles. The molecule has 1 aromatic heterocycles. The molecular formula is C11H19N5. The first-order valence-corrected chi connectivity index (χ1v) is 5.43. The molecule has 88 valence electrons. The van der Waals surface area contributed by atoms with Gasteiger partial charge in [0, 0.05) is 6.04 Å². The molecule has 0 saturated carbocycles. The van der Waals surface area contributed by atoms with E-state index in [0.29, 0.717) is 6.54 Å². The number of nitrogens with zero attached hydrogens (tertiary/aromatic N) is 4. The number of nitriles is 1. The van der Waals surface area contributed by atoms with Crippen LogP contribution in [0.1, 0.15) is 32.4 Å². The van der Waals surface area contributed by atoms with Gasteiger partial charge in [-0.2, -0.15) is 10.4 Å². The van der Waals surface area contributed by atoms with Crippen molar-refractivity contribution >= 4 is 0 Å². The zero-order chi connectivity index (χ0) is 12.3. The largest absolute Gasteiger partial charge is 0.296 e. The molecule has 0 bridgehead atoms. The van der Waals surface area contributed by atoms with Crippen LogP contribution < -0.4 is 5.32 Å². The lowest BCUT2D eigenvalue weighted by atomic mass is 10.0. The number of aryl methyl sites for hydroxylation is 2. The average Bonchev–Trinajstić information content (AvgIpc) is 2.43. The summed E-state index contributed by atoms with van der Waals surface area (Å²) in [6.45, 7) is 10.2. The maximum absolute atomic E-state index is 9.22. The monoisotopic (exact) mass is 221 g/mol. The molecule has 0 radical (unpaired) electrons. The molecule has 0 aliphatic carbocycles. The second-order valence-corrected chi connectivity index (χ2v) is 4.61. The van der Waals surface area contributed by atoms with Crippen LogP contribution in [-0.2, 0) is 6.54 Å². The zero-order valence-corrected chi connectivity index (χ0v) is 10.6. The Bertz CT molecular complexity index is 401. The van der Waals surface area contributed by atoms with Crippen molar-refractivity contribution in [3.63, 3.8) is 0 Å². The van der Waals surface area contributed by atoms with Crippen molar-refractivity contribution < 1.29 is 0 Å². The van der Waals surface area contributed by atoms with Gasteiger partial charge < -0.3 is 0 Å². The Morgan fingerprint density at radius 2 is 2.12 bits per heavy atom. The molecule has 1 aromatic rings. The fourth-order valence-electron chi connectivity index (χ4n) is 1.76. The van der Waals surface area contributed by atoms with Crippen molar-refractivity contribution in [3.8, 4) is 6.07 Å². The van der Waals surface area contributed by atoms with E-state index in [-0.39, 0.29) is 6.04 Å².